The summed E-state index contributed by atoms with van der Waals surface area (Å²) in [6.45, 7) is 6.78. The molecule has 1 fully saturated rings. The van der Waals surface area contributed by atoms with Crippen molar-refractivity contribution in [2.75, 3.05) is 33.4 Å². The summed E-state index contributed by atoms with van der Waals surface area (Å²) in [6, 6.07) is 0. The first-order valence-electron chi connectivity index (χ1n) is 6.55. The Morgan fingerprint density at radius 2 is 2.06 bits per heavy atom. The van der Waals surface area contributed by atoms with Gasteiger partial charge >= 0.3 is 0 Å². The van der Waals surface area contributed by atoms with E-state index in [0.29, 0.717) is 25.2 Å². The Hall–Kier alpha value is -0.160. The summed E-state index contributed by atoms with van der Waals surface area (Å²) < 4.78 is 10.4. The molecule has 0 heterocycles. The van der Waals surface area contributed by atoms with Crippen molar-refractivity contribution in [2.45, 2.75) is 45.3 Å². The van der Waals surface area contributed by atoms with E-state index in [1.165, 1.54) is 19.3 Å². The topological polar surface area (TPSA) is 50.7 Å². The van der Waals surface area contributed by atoms with E-state index in [9.17, 15) is 5.11 Å². The summed E-state index contributed by atoms with van der Waals surface area (Å²) in [7, 11) is 1.65. The van der Waals surface area contributed by atoms with Gasteiger partial charge in [-0.25, -0.2) is 0 Å². The van der Waals surface area contributed by atoms with Crippen molar-refractivity contribution in [1.82, 2.24) is 5.32 Å². The molecule has 17 heavy (non-hydrogen) atoms. The second-order valence-corrected chi connectivity index (χ2v) is 5.55. The maximum atomic E-state index is 9.73. The highest BCUT2D eigenvalue weighted by atomic mass is 16.5. The van der Waals surface area contributed by atoms with Crippen molar-refractivity contribution in [3.05, 3.63) is 0 Å². The van der Waals surface area contributed by atoms with E-state index < -0.39 is 6.10 Å². The van der Waals surface area contributed by atoms with Crippen LogP contribution in [-0.4, -0.2) is 50.7 Å². The van der Waals surface area contributed by atoms with Crippen LogP contribution in [0.15, 0.2) is 0 Å². The molecule has 1 aliphatic rings. The van der Waals surface area contributed by atoms with Crippen LogP contribution in [0.1, 0.15) is 33.1 Å². The maximum Gasteiger partial charge on any atom is 0.0897 e. The monoisotopic (exact) mass is 245 g/mol. The smallest absolute Gasteiger partial charge is 0.0897 e. The average molecular weight is 245 g/mol. The number of aliphatic hydroxyl groups excluding tert-OH is 1. The van der Waals surface area contributed by atoms with E-state index in [2.05, 4.69) is 12.2 Å². The van der Waals surface area contributed by atoms with Gasteiger partial charge in [-0.15, -0.1) is 0 Å². The Labute approximate surface area is 105 Å². The van der Waals surface area contributed by atoms with E-state index in [0.717, 1.165) is 6.54 Å². The van der Waals surface area contributed by atoms with Gasteiger partial charge in [0.25, 0.3) is 0 Å². The molecule has 0 aromatic heterocycles. The Kier molecular flexibility index (Phi) is 6.41. The lowest BCUT2D eigenvalue weighted by Crippen LogP contribution is -2.41. The molecule has 0 amide bonds. The molecule has 0 saturated heterocycles. The van der Waals surface area contributed by atoms with Crippen LogP contribution in [0.25, 0.3) is 0 Å². The molecule has 0 bridgehead atoms. The van der Waals surface area contributed by atoms with E-state index >= 15 is 0 Å². The highest BCUT2D eigenvalue weighted by Gasteiger charge is 2.31. The van der Waals surface area contributed by atoms with Gasteiger partial charge in [-0.2, -0.15) is 0 Å². The third-order valence-electron chi connectivity index (χ3n) is 3.47. The fourth-order valence-corrected chi connectivity index (χ4v) is 2.11. The van der Waals surface area contributed by atoms with Crippen LogP contribution in [0.3, 0.4) is 0 Å². The largest absolute Gasteiger partial charge is 0.389 e. The lowest BCUT2D eigenvalue weighted by Gasteiger charge is -2.38. The normalized spacial score (nSPS) is 21.9. The van der Waals surface area contributed by atoms with Gasteiger partial charge in [0.05, 0.1) is 25.4 Å². The zero-order valence-electron chi connectivity index (χ0n) is 11.4. The second kappa shape index (κ2) is 7.31. The molecule has 1 saturated carbocycles. The fraction of sp³-hybridized carbons (Fsp3) is 1.00. The predicted molar refractivity (Wildman–Crippen MR) is 68.1 cm³/mol. The summed E-state index contributed by atoms with van der Waals surface area (Å²) in [5.74, 6) is 0. The molecule has 0 aromatic carbocycles. The number of nitrogens with one attached hydrogen (secondary N) is 1. The molecule has 2 unspecified atom stereocenters. The van der Waals surface area contributed by atoms with Gasteiger partial charge in [0, 0.05) is 20.2 Å². The van der Waals surface area contributed by atoms with Crippen LogP contribution in [0.5, 0.6) is 0 Å². The SMILES string of the molecule is COCC(C)OCC(O)CNCC1(C)CCC1. The number of ether oxygens (including phenoxy) is 2. The Morgan fingerprint density at radius 3 is 2.59 bits per heavy atom. The minimum Gasteiger partial charge on any atom is -0.389 e. The molecule has 0 aliphatic heterocycles. The number of hydrogen-bond acceptors (Lipinski definition) is 4. The van der Waals surface area contributed by atoms with Gasteiger partial charge in [0.2, 0.25) is 0 Å². The van der Waals surface area contributed by atoms with Gasteiger partial charge < -0.3 is 19.9 Å². The summed E-state index contributed by atoms with van der Waals surface area (Å²) in [6.07, 6.45) is 3.56. The molecular formula is C13H27NO3. The molecule has 2 atom stereocenters. The van der Waals surface area contributed by atoms with E-state index in [4.69, 9.17) is 9.47 Å². The molecule has 102 valence electrons. The zero-order chi connectivity index (χ0) is 12.7. The van der Waals surface area contributed by atoms with Crippen LogP contribution in [0.2, 0.25) is 0 Å². The first-order chi connectivity index (χ1) is 8.06. The molecular weight excluding hydrogens is 218 g/mol. The summed E-state index contributed by atoms with van der Waals surface area (Å²) >= 11 is 0. The third kappa shape index (κ3) is 5.82. The number of aliphatic hydroxyl groups is 1. The quantitative estimate of drug-likeness (QED) is 0.640. The number of methoxy groups -OCH3 is 1. The van der Waals surface area contributed by atoms with E-state index in [1.807, 2.05) is 6.92 Å². The van der Waals surface area contributed by atoms with Gasteiger partial charge in [0.1, 0.15) is 0 Å². The highest BCUT2D eigenvalue weighted by molar-refractivity contribution is 4.85. The Balaban J connectivity index is 1.99. The van der Waals surface area contributed by atoms with Gasteiger partial charge in [-0.1, -0.05) is 13.3 Å². The fourth-order valence-electron chi connectivity index (χ4n) is 2.11. The molecule has 1 aliphatic carbocycles. The van der Waals surface area contributed by atoms with Crippen molar-refractivity contribution in [3.63, 3.8) is 0 Å². The number of hydrogen-bond donors (Lipinski definition) is 2. The Bertz CT molecular complexity index is 207. The summed E-state index contributed by atoms with van der Waals surface area (Å²) in [5, 5.41) is 13.0. The third-order valence-corrected chi connectivity index (χ3v) is 3.47. The van der Waals surface area contributed by atoms with Crippen molar-refractivity contribution in [2.24, 2.45) is 5.41 Å². The first-order valence-corrected chi connectivity index (χ1v) is 6.55. The first kappa shape index (κ1) is 14.9. The minimum absolute atomic E-state index is 0.0406. The van der Waals surface area contributed by atoms with Crippen LogP contribution in [-0.2, 0) is 9.47 Å². The Morgan fingerprint density at radius 1 is 1.35 bits per heavy atom. The average Bonchev–Trinajstić information content (AvgIpc) is 2.24. The lowest BCUT2D eigenvalue weighted by molar-refractivity contribution is -0.0318. The molecule has 1 rings (SSSR count). The summed E-state index contributed by atoms with van der Waals surface area (Å²) in [4.78, 5) is 0. The number of rotatable bonds is 9. The molecule has 0 radical (unpaired) electrons. The molecule has 4 heteroatoms. The van der Waals surface area contributed by atoms with Crippen molar-refractivity contribution in [1.29, 1.82) is 0 Å². The van der Waals surface area contributed by atoms with Crippen LogP contribution < -0.4 is 5.32 Å². The van der Waals surface area contributed by atoms with Crippen molar-refractivity contribution >= 4 is 0 Å². The molecule has 0 spiro atoms. The second-order valence-electron chi connectivity index (χ2n) is 5.55. The predicted octanol–water partition coefficient (Wildman–Crippen LogP) is 1.18. The standard InChI is InChI=1S/C13H27NO3/c1-11(8-16-3)17-9-12(15)7-14-10-13(2)5-4-6-13/h11-12,14-15H,4-10H2,1-3H3. The lowest BCUT2D eigenvalue weighted by atomic mass is 9.70. The molecule has 2 N–H and O–H groups in total. The van der Waals surface area contributed by atoms with Gasteiger partial charge in [-0.3, -0.25) is 0 Å². The molecule has 4 nitrogen and oxygen atoms in total. The highest BCUT2D eigenvalue weighted by Crippen LogP contribution is 2.39. The van der Waals surface area contributed by atoms with Gasteiger partial charge in [-0.05, 0) is 25.2 Å². The van der Waals surface area contributed by atoms with Crippen LogP contribution in [0, 0.1) is 5.41 Å². The van der Waals surface area contributed by atoms with Gasteiger partial charge in [0.15, 0.2) is 0 Å². The van der Waals surface area contributed by atoms with Crippen LogP contribution in [0.4, 0.5) is 0 Å². The molecule has 0 aromatic rings. The van der Waals surface area contributed by atoms with Crippen molar-refractivity contribution < 1.29 is 14.6 Å². The van der Waals surface area contributed by atoms with E-state index in [1.54, 1.807) is 7.11 Å². The minimum atomic E-state index is -0.432. The van der Waals surface area contributed by atoms with E-state index in [-0.39, 0.29) is 6.10 Å². The zero-order valence-corrected chi connectivity index (χ0v) is 11.4. The summed E-state index contributed by atoms with van der Waals surface area (Å²) in [5.41, 5.74) is 0.462. The van der Waals surface area contributed by atoms with Crippen LogP contribution >= 0.6 is 0 Å². The van der Waals surface area contributed by atoms with Crippen molar-refractivity contribution in [3.8, 4) is 0 Å². The maximum absolute atomic E-state index is 9.73.